The number of hydrogen-bond donors (Lipinski definition) is 1. The molecule has 9 nitrogen and oxygen atoms in total. The Morgan fingerprint density at radius 2 is 2.00 bits per heavy atom. The summed E-state index contributed by atoms with van der Waals surface area (Å²) in [6, 6.07) is 11.1. The lowest BCUT2D eigenvalue weighted by Crippen LogP contribution is -2.06. The fourth-order valence-electron chi connectivity index (χ4n) is 3.15. The van der Waals surface area contributed by atoms with Crippen molar-refractivity contribution >= 4 is 38.9 Å². The van der Waals surface area contributed by atoms with Gasteiger partial charge in [-0.15, -0.1) is 0 Å². The molecule has 4 aromatic rings. The van der Waals surface area contributed by atoms with E-state index in [0.717, 1.165) is 11.1 Å². The van der Waals surface area contributed by atoms with Crippen LogP contribution in [0.4, 0.5) is 10.2 Å². The van der Waals surface area contributed by atoms with Crippen LogP contribution in [-0.2, 0) is 17.7 Å². The van der Waals surface area contributed by atoms with Crippen molar-refractivity contribution in [2.45, 2.75) is 13.0 Å². The van der Waals surface area contributed by atoms with Gasteiger partial charge in [0.05, 0.1) is 25.8 Å². The van der Waals surface area contributed by atoms with E-state index >= 15 is 0 Å². The molecule has 32 heavy (non-hydrogen) atoms. The summed E-state index contributed by atoms with van der Waals surface area (Å²) in [4.78, 5) is 27.2. The summed E-state index contributed by atoms with van der Waals surface area (Å²) in [7, 11) is 1.32. The second-order valence-corrected chi connectivity index (χ2v) is 7.52. The number of nitrogens with zero attached hydrogens (tertiary/aromatic N) is 5. The van der Waals surface area contributed by atoms with Crippen molar-refractivity contribution < 1.29 is 18.7 Å². The summed E-state index contributed by atoms with van der Waals surface area (Å²) in [5, 5.41) is 0. The van der Waals surface area contributed by atoms with Gasteiger partial charge in [-0.05, 0) is 33.1 Å². The number of anilines is 1. The van der Waals surface area contributed by atoms with E-state index in [1.54, 1.807) is 16.7 Å². The molecule has 0 aliphatic rings. The van der Waals surface area contributed by atoms with Gasteiger partial charge < -0.3 is 15.2 Å². The van der Waals surface area contributed by atoms with Gasteiger partial charge in [-0.1, -0.05) is 24.3 Å². The lowest BCUT2D eigenvalue weighted by atomic mass is 10.1. The highest BCUT2D eigenvalue weighted by Crippen LogP contribution is 2.23. The number of benzene rings is 1. The van der Waals surface area contributed by atoms with E-state index in [1.165, 1.54) is 13.3 Å². The topological polar surface area (TPSA) is 118 Å². The SMILES string of the molecule is COC(=O)c1ccc(OCCc2cccc(Cn3c(Br)nc4c(N)nc(F)nc43)c2)nc1. The molecule has 164 valence electrons. The molecule has 3 heterocycles. The van der Waals surface area contributed by atoms with Crippen molar-refractivity contribution in [1.82, 2.24) is 24.5 Å². The zero-order valence-electron chi connectivity index (χ0n) is 17.0. The Balaban J connectivity index is 1.43. The van der Waals surface area contributed by atoms with Gasteiger partial charge in [0, 0.05) is 18.7 Å². The van der Waals surface area contributed by atoms with E-state index in [4.69, 9.17) is 10.5 Å². The zero-order chi connectivity index (χ0) is 22.7. The molecule has 4 rings (SSSR count). The van der Waals surface area contributed by atoms with Crippen LogP contribution in [0.1, 0.15) is 21.5 Å². The normalized spacial score (nSPS) is 11.0. The molecule has 0 spiro atoms. The van der Waals surface area contributed by atoms with Gasteiger partial charge in [-0.25, -0.2) is 14.8 Å². The molecule has 0 fully saturated rings. The first-order valence-corrected chi connectivity index (χ1v) is 10.3. The molecule has 2 N–H and O–H groups in total. The van der Waals surface area contributed by atoms with Gasteiger partial charge >= 0.3 is 12.0 Å². The molecule has 1 aromatic carbocycles. The molecule has 0 radical (unpaired) electrons. The number of aromatic nitrogens is 5. The smallest absolute Gasteiger partial charge is 0.339 e. The molecular formula is C21H18BrFN6O3. The summed E-state index contributed by atoms with van der Waals surface area (Å²) < 4.78 is 26.2. The fourth-order valence-corrected chi connectivity index (χ4v) is 3.62. The first-order chi connectivity index (χ1) is 15.4. The number of methoxy groups -OCH3 is 1. The Hall–Kier alpha value is -3.60. The highest BCUT2D eigenvalue weighted by atomic mass is 79.9. The van der Waals surface area contributed by atoms with Crippen LogP contribution < -0.4 is 10.5 Å². The van der Waals surface area contributed by atoms with Crippen LogP contribution >= 0.6 is 15.9 Å². The number of carbonyl (C=O) groups is 1. The monoisotopic (exact) mass is 500 g/mol. The third kappa shape index (κ3) is 4.67. The van der Waals surface area contributed by atoms with Gasteiger partial charge in [0.2, 0.25) is 5.88 Å². The number of imidazole rings is 1. The Bertz CT molecular complexity index is 1280. The molecule has 0 aliphatic carbocycles. The number of esters is 1. The maximum Gasteiger partial charge on any atom is 0.339 e. The number of fused-ring (bicyclic) bond motifs is 1. The molecule has 0 bridgehead atoms. The second-order valence-electron chi connectivity index (χ2n) is 6.81. The average molecular weight is 501 g/mol. The Morgan fingerprint density at radius 1 is 1.19 bits per heavy atom. The second kappa shape index (κ2) is 9.27. The molecule has 0 saturated heterocycles. The summed E-state index contributed by atoms with van der Waals surface area (Å²) in [6.45, 7) is 0.818. The van der Waals surface area contributed by atoms with Crippen LogP contribution in [0.5, 0.6) is 5.88 Å². The van der Waals surface area contributed by atoms with E-state index < -0.39 is 12.0 Å². The third-order valence-corrected chi connectivity index (χ3v) is 5.28. The quantitative estimate of drug-likeness (QED) is 0.233. The van der Waals surface area contributed by atoms with Crippen LogP contribution in [0.2, 0.25) is 0 Å². The first kappa shape index (κ1) is 21.6. The number of carbonyl (C=O) groups excluding carboxylic acids is 1. The Labute approximate surface area is 190 Å². The van der Waals surface area contributed by atoms with Crippen molar-refractivity contribution in [3.63, 3.8) is 0 Å². The number of halogens is 2. The molecule has 11 heteroatoms. The largest absolute Gasteiger partial charge is 0.477 e. The van der Waals surface area contributed by atoms with Crippen molar-refractivity contribution in [3.05, 3.63) is 70.1 Å². The molecular weight excluding hydrogens is 483 g/mol. The first-order valence-electron chi connectivity index (χ1n) is 9.54. The van der Waals surface area contributed by atoms with Gasteiger partial charge in [0.1, 0.15) is 0 Å². The lowest BCUT2D eigenvalue weighted by Gasteiger charge is -2.09. The van der Waals surface area contributed by atoms with Gasteiger partial charge in [-0.2, -0.15) is 14.4 Å². The van der Waals surface area contributed by atoms with E-state index in [-0.39, 0.29) is 5.82 Å². The summed E-state index contributed by atoms with van der Waals surface area (Å²) >= 11 is 3.38. The van der Waals surface area contributed by atoms with E-state index in [1.807, 2.05) is 24.3 Å². The van der Waals surface area contributed by atoms with Crippen molar-refractivity contribution in [2.75, 3.05) is 19.5 Å². The molecule has 0 amide bonds. The van der Waals surface area contributed by atoms with Crippen molar-refractivity contribution in [1.29, 1.82) is 0 Å². The highest BCUT2D eigenvalue weighted by molar-refractivity contribution is 9.10. The predicted molar refractivity (Wildman–Crippen MR) is 118 cm³/mol. The summed E-state index contributed by atoms with van der Waals surface area (Å²) in [5.41, 5.74) is 8.80. The average Bonchev–Trinajstić information content (AvgIpc) is 3.09. The van der Waals surface area contributed by atoms with Crippen LogP contribution in [0, 0.1) is 6.08 Å². The number of nitrogens with two attached hydrogens (primary N) is 1. The Morgan fingerprint density at radius 3 is 2.75 bits per heavy atom. The third-order valence-electron chi connectivity index (χ3n) is 4.68. The minimum absolute atomic E-state index is 0.00826. The number of pyridine rings is 1. The highest BCUT2D eigenvalue weighted by Gasteiger charge is 2.15. The van der Waals surface area contributed by atoms with Gasteiger partial charge in [0.15, 0.2) is 21.7 Å². The minimum Gasteiger partial charge on any atom is -0.477 e. The standard InChI is InChI=1S/C21H18BrFN6O3/c1-31-19(30)14-5-6-15(25-10-14)32-8-7-12-3-2-4-13(9-12)11-29-18-16(26-20(29)22)17(24)27-21(23)28-18/h2-6,9-10H,7-8,11H2,1H3,(H2,24,27,28). The number of nitrogen functional groups attached to an aromatic ring is 1. The Kier molecular flexibility index (Phi) is 6.26. The molecule has 0 aliphatic heterocycles. The molecule has 0 atom stereocenters. The van der Waals surface area contributed by atoms with Gasteiger partial charge in [0.25, 0.3) is 0 Å². The maximum absolute atomic E-state index is 13.6. The summed E-state index contributed by atoms with van der Waals surface area (Å²) in [6.07, 6.45) is 1.15. The molecule has 0 unspecified atom stereocenters. The van der Waals surface area contributed by atoms with Crippen LogP contribution in [0.25, 0.3) is 11.2 Å². The number of hydrogen-bond acceptors (Lipinski definition) is 8. The zero-order valence-corrected chi connectivity index (χ0v) is 18.5. The predicted octanol–water partition coefficient (Wildman–Crippen LogP) is 3.16. The van der Waals surface area contributed by atoms with Crippen molar-refractivity contribution in [3.8, 4) is 5.88 Å². The molecule has 0 saturated carbocycles. The fraction of sp³-hybridized carbons (Fsp3) is 0.190. The minimum atomic E-state index is -0.900. The van der Waals surface area contributed by atoms with Crippen molar-refractivity contribution in [2.24, 2.45) is 0 Å². The lowest BCUT2D eigenvalue weighted by molar-refractivity contribution is 0.0600. The van der Waals surface area contributed by atoms with Crippen LogP contribution in [0.15, 0.2) is 47.3 Å². The van der Waals surface area contributed by atoms with E-state index in [2.05, 4.69) is 40.6 Å². The maximum atomic E-state index is 13.6. The van der Waals surface area contributed by atoms with Crippen LogP contribution in [0.3, 0.4) is 0 Å². The molecule has 3 aromatic heterocycles. The van der Waals surface area contributed by atoms with Gasteiger partial charge in [-0.3, -0.25) is 4.57 Å². The van der Waals surface area contributed by atoms with E-state index in [0.29, 0.717) is 46.9 Å². The summed E-state index contributed by atoms with van der Waals surface area (Å²) in [5.74, 6) is -0.0388. The number of ether oxygens (including phenoxy) is 2. The number of rotatable bonds is 7. The van der Waals surface area contributed by atoms with Crippen LogP contribution in [-0.4, -0.2) is 44.2 Å². The van der Waals surface area contributed by atoms with E-state index in [9.17, 15) is 9.18 Å².